The molecular weight excluding hydrogens is 188 g/mol. The Kier molecular flexibility index (Phi) is 1.99. The summed E-state index contributed by atoms with van der Waals surface area (Å²) in [5, 5.41) is 2.98. The summed E-state index contributed by atoms with van der Waals surface area (Å²) in [5.74, 6) is 0. The lowest BCUT2D eigenvalue weighted by atomic mass is 10.1. The standard InChI is InChI=1S/C10H7ClS/c11-10-6-8(12)5-7-3-1-2-4-9(7)10/h1-6,12H. The van der Waals surface area contributed by atoms with Crippen LogP contribution in [0.1, 0.15) is 0 Å². The minimum absolute atomic E-state index is 0.762. The van der Waals surface area contributed by atoms with Gasteiger partial charge in [0.25, 0.3) is 0 Å². The molecule has 0 nitrogen and oxygen atoms in total. The Bertz CT molecular complexity index is 423. The fourth-order valence-electron chi connectivity index (χ4n) is 1.25. The van der Waals surface area contributed by atoms with E-state index in [1.165, 1.54) is 0 Å². The van der Waals surface area contributed by atoms with Gasteiger partial charge in [-0.15, -0.1) is 12.6 Å². The van der Waals surface area contributed by atoms with E-state index in [0.29, 0.717) is 0 Å². The smallest absolute Gasteiger partial charge is 0.0495 e. The number of benzene rings is 2. The summed E-state index contributed by atoms with van der Waals surface area (Å²) in [6.07, 6.45) is 0. The van der Waals surface area contributed by atoms with Gasteiger partial charge in [0.15, 0.2) is 0 Å². The summed E-state index contributed by atoms with van der Waals surface area (Å²) in [6, 6.07) is 11.9. The second-order valence-corrected chi connectivity index (χ2v) is 3.57. The quantitative estimate of drug-likeness (QED) is 0.607. The molecule has 0 saturated heterocycles. The van der Waals surface area contributed by atoms with Crippen molar-refractivity contribution < 1.29 is 0 Å². The van der Waals surface area contributed by atoms with Crippen LogP contribution in [0.15, 0.2) is 41.3 Å². The number of hydrogen-bond donors (Lipinski definition) is 1. The second-order valence-electron chi connectivity index (χ2n) is 2.65. The maximum atomic E-state index is 6.01. The Morgan fingerprint density at radius 1 is 1.08 bits per heavy atom. The van der Waals surface area contributed by atoms with Crippen molar-refractivity contribution in [3.05, 3.63) is 41.4 Å². The van der Waals surface area contributed by atoms with Gasteiger partial charge in [-0.2, -0.15) is 0 Å². The van der Waals surface area contributed by atoms with Gasteiger partial charge in [0, 0.05) is 15.3 Å². The molecule has 0 amide bonds. The Morgan fingerprint density at radius 2 is 1.83 bits per heavy atom. The average Bonchev–Trinajstić information content (AvgIpc) is 2.04. The van der Waals surface area contributed by atoms with Gasteiger partial charge >= 0.3 is 0 Å². The topological polar surface area (TPSA) is 0 Å². The molecule has 2 aromatic carbocycles. The molecule has 0 spiro atoms. The van der Waals surface area contributed by atoms with Crippen LogP contribution in [0, 0.1) is 0 Å². The van der Waals surface area contributed by atoms with Gasteiger partial charge in [0.2, 0.25) is 0 Å². The van der Waals surface area contributed by atoms with Crippen molar-refractivity contribution in [2.45, 2.75) is 4.90 Å². The summed E-state index contributed by atoms with van der Waals surface area (Å²) in [7, 11) is 0. The normalized spacial score (nSPS) is 10.5. The van der Waals surface area contributed by atoms with Crippen LogP contribution in [0.3, 0.4) is 0 Å². The summed E-state index contributed by atoms with van der Waals surface area (Å²) in [6.45, 7) is 0. The third-order valence-electron chi connectivity index (χ3n) is 1.80. The van der Waals surface area contributed by atoms with Gasteiger partial charge in [-0.3, -0.25) is 0 Å². The van der Waals surface area contributed by atoms with Crippen molar-refractivity contribution in [3.63, 3.8) is 0 Å². The van der Waals surface area contributed by atoms with E-state index in [4.69, 9.17) is 11.6 Å². The van der Waals surface area contributed by atoms with Gasteiger partial charge in [-0.1, -0.05) is 35.9 Å². The second kappa shape index (κ2) is 3.00. The molecule has 0 aromatic heterocycles. The number of hydrogen-bond acceptors (Lipinski definition) is 1. The highest BCUT2D eigenvalue weighted by molar-refractivity contribution is 7.80. The molecule has 2 heteroatoms. The van der Waals surface area contributed by atoms with Crippen molar-refractivity contribution >= 4 is 35.0 Å². The maximum Gasteiger partial charge on any atom is 0.0495 e. The zero-order valence-electron chi connectivity index (χ0n) is 6.29. The van der Waals surface area contributed by atoms with Gasteiger partial charge < -0.3 is 0 Å². The Hall–Kier alpha value is -0.660. The van der Waals surface area contributed by atoms with Crippen LogP contribution in [0.2, 0.25) is 5.02 Å². The molecular formula is C10H7ClS. The molecule has 2 rings (SSSR count). The predicted octanol–water partition coefficient (Wildman–Crippen LogP) is 3.78. The fourth-order valence-corrected chi connectivity index (χ4v) is 1.88. The number of fused-ring (bicyclic) bond motifs is 1. The minimum atomic E-state index is 0.762. The van der Waals surface area contributed by atoms with Crippen LogP contribution in [0.4, 0.5) is 0 Å². The summed E-state index contributed by atoms with van der Waals surface area (Å²) < 4.78 is 0. The molecule has 0 aliphatic heterocycles. The molecule has 0 fully saturated rings. The van der Waals surface area contributed by atoms with E-state index >= 15 is 0 Å². The number of halogens is 1. The van der Waals surface area contributed by atoms with E-state index in [2.05, 4.69) is 12.6 Å². The van der Waals surface area contributed by atoms with Crippen molar-refractivity contribution in [2.75, 3.05) is 0 Å². The summed E-state index contributed by atoms with van der Waals surface area (Å²) in [4.78, 5) is 0.902. The molecule has 12 heavy (non-hydrogen) atoms. The van der Waals surface area contributed by atoms with Crippen LogP contribution in [-0.2, 0) is 0 Å². The van der Waals surface area contributed by atoms with E-state index in [0.717, 1.165) is 20.7 Å². The molecule has 0 radical (unpaired) electrons. The van der Waals surface area contributed by atoms with Gasteiger partial charge in [0.1, 0.15) is 0 Å². The van der Waals surface area contributed by atoms with Crippen LogP contribution in [-0.4, -0.2) is 0 Å². The highest BCUT2D eigenvalue weighted by Gasteiger charge is 1.98. The molecule has 0 bridgehead atoms. The van der Waals surface area contributed by atoms with E-state index in [9.17, 15) is 0 Å². The van der Waals surface area contributed by atoms with Gasteiger partial charge in [-0.25, -0.2) is 0 Å². The third-order valence-corrected chi connectivity index (χ3v) is 2.37. The molecule has 0 aliphatic rings. The monoisotopic (exact) mass is 194 g/mol. The van der Waals surface area contributed by atoms with Crippen LogP contribution in [0.25, 0.3) is 10.8 Å². The fraction of sp³-hybridized carbons (Fsp3) is 0. The first-order chi connectivity index (χ1) is 5.77. The minimum Gasteiger partial charge on any atom is -0.143 e. The van der Waals surface area contributed by atoms with Gasteiger partial charge in [0.05, 0.1) is 0 Å². The lowest BCUT2D eigenvalue weighted by molar-refractivity contribution is 1.52. The molecule has 60 valence electrons. The highest BCUT2D eigenvalue weighted by Crippen LogP contribution is 2.26. The SMILES string of the molecule is Sc1cc(Cl)c2ccccc2c1. The van der Waals surface area contributed by atoms with Crippen molar-refractivity contribution in [2.24, 2.45) is 0 Å². The van der Waals surface area contributed by atoms with Crippen LogP contribution >= 0.6 is 24.2 Å². The van der Waals surface area contributed by atoms with Crippen molar-refractivity contribution in [1.29, 1.82) is 0 Å². The Balaban J connectivity index is 2.89. The van der Waals surface area contributed by atoms with E-state index < -0.39 is 0 Å². The van der Waals surface area contributed by atoms with Crippen LogP contribution in [0.5, 0.6) is 0 Å². The Morgan fingerprint density at radius 3 is 2.67 bits per heavy atom. The van der Waals surface area contributed by atoms with Crippen molar-refractivity contribution in [1.82, 2.24) is 0 Å². The number of rotatable bonds is 0. The Labute approximate surface area is 81.6 Å². The summed E-state index contributed by atoms with van der Waals surface area (Å²) in [5.41, 5.74) is 0. The maximum absolute atomic E-state index is 6.01. The zero-order valence-corrected chi connectivity index (χ0v) is 7.94. The molecule has 0 unspecified atom stereocenters. The first kappa shape index (κ1) is 7.96. The van der Waals surface area contributed by atoms with Crippen molar-refractivity contribution in [3.8, 4) is 0 Å². The molecule has 0 saturated carbocycles. The lowest BCUT2D eigenvalue weighted by Gasteiger charge is -2.00. The summed E-state index contributed by atoms with van der Waals surface area (Å²) >= 11 is 10.3. The van der Waals surface area contributed by atoms with Crippen LogP contribution < -0.4 is 0 Å². The van der Waals surface area contributed by atoms with Gasteiger partial charge in [-0.05, 0) is 17.5 Å². The first-order valence-corrected chi connectivity index (χ1v) is 4.47. The first-order valence-electron chi connectivity index (χ1n) is 3.64. The van der Waals surface area contributed by atoms with E-state index in [-0.39, 0.29) is 0 Å². The third kappa shape index (κ3) is 1.30. The predicted molar refractivity (Wildman–Crippen MR) is 56.2 cm³/mol. The lowest BCUT2D eigenvalue weighted by Crippen LogP contribution is -1.74. The zero-order chi connectivity index (χ0) is 8.55. The highest BCUT2D eigenvalue weighted by atomic mass is 35.5. The largest absolute Gasteiger partial charge is 0.143 e. The molecule has 0 heterocycles. The molecule has 0 N–H and O–H groups in total. The number of thiol groups is 1. The van der Waals surface area contributed by atoms with E-state index in [1.54, 1.807) is 0 Å². The average molecular weight is 195 g/mol. The van der Waals surface area contributed by atoms with E-state index in [1.807, 2.05) is 36.4 Å². The molecule has 0 atom stereocenters. The molecule has 0 aliphatic carbocycles. The molecule has 2 aromatic rings.